The summed E-state index contributed by atoms with van der Waals surface area (Å²) in [5.74, 6) is -5.86. The normalized spacial score (nSPS) is 16.6. The first-order valence-electron chi connectivity index (χ1n) is 3.16. The molecule has 10 heteroatoms. The van der Waals surface area contributed by atoms with Crippen molar-refractivity contribution in [3.8, 4) is 0 Å². The minimum absolute atomic E-state index is 2.47. The van der Waals surface area contributed by atoms with Gasteiger partial charge in [-0.05, 0) is 0 Å². The van der Waals surface area contributed by atoms with Gasteiger partial charge in [-0.25, -0.2) is 0 Å². The molecule has 0 aromatic heterocycles. The van der Waals surface area contributed by atoms with Crippen molar-refractivity contribution in [3.63, 3.8) is 0 Å². The molecule has 0 N–H and O–H groups in total. The number of hydrogen-bond acceptors (Lipinski definition) is 1. The fraction of sp³-hybridized carbons (Fsp3) is 1.00. The topological polar surface area (TPSA) is 29.1 Å². The first kappa shape index (κ1) is 14.4. The van der Waals surface area contributed by atoms with Gasteiger partial charge in [-0.3, -0.25) is 0 Å². The van der Waals surface area contributed by atoms with Gasteiger partial charge in [0.05, 0.1) is 0 Å². The molecule has 1 atom stereocenters. The van der Waals surface area contributed by atoms with Crippen LogP contribution in [0.3, 0.4) is 0 Å². The second-order valence-electron chi connectivity index (χ2n) is 2.38. The molecule has 0 aliphatic rings. The number of ether oxygens (including phenoxy) is 1. The molecule has 0 rings (SSSR count). The van der Waals surface area contributed by atoms with Crippen molar-refractivity contribution in [2.24, 2.45) is 0 Å². The third kappa shape index (κ3) is 4.16. The zero-order valence-electron chi connectivity index (χ0n) is 6.62. The first-order chi connectivity index (χ1) is 6.38. The molecule has 0 bridgehead atoms. The van der Waals surface area contributed by atoms with Crippen LogP contribution in [-0.2, 0) is 9.84 Å². The largest absolute Gasteiger partial charge is 0.458 e. The molecule has 0 saturated carbocycles. The molecule has 0 heterocycles. The fourth-order valence-electron chi connectivity index (χ4n) is 0.408. The Kier molecular flexibility index (Phi) is 3.91. The van der Waals surface area contributed by atoms with Crippen LogP contribution >= 0.6 is 0 Å². The zero-order chi connectivity index (χ0) is 12.5. The molecule has 2 nitrogen and oxygen atoms in total. The summed E-state index contributed by atoms with van der Waals surface area (Å²) < 4.78 is 94.9. The van der Waals surface area contributed by atoms with E-state index in [-0.39, 0.29) is 0 Å². The third-order valence-corrected chi connectivity index (χ3v) is 1.07. The van der Waals surface area contributed by atoms with Crippen LogP contribution in [0.15, 0.2) is 0 Å². The molecule has 15 heavy (non-hydrogen) atoms. The lowest BCUT2D eigenvalue weighted by Gasteiger charge is -2.23. The van der Waals surface area contributed by atoms with Gasteiger partial charge in [0.25, 0.3) is 6.29 Å². The Labute approximate surface area is 77.4 Å². The summed E-state index contributed by atoms with van der Waals surface area (Å²) in [6.07, 6.45) is -15.5. The lowest BCUT2D eigenvalue weighted by atomic mass is 10.3. The van der Waals surface area contributed by atoms with Crippen LogP contribution in [0.2, 0.25) is 0 Å². The Bertz CT molecular complexity index is 206. The monoisotopic (exact) mass is 247 g/mol. The Hall–Kier alpha value is -0.640. The maximum Gasteiger partial charge on any atom is 0.458 e. The van der Waals surface area contributed by atoms with E-state index < -0.39 is 31.2 Å². The van der Waals surface area contributed by atoms with Gasteiger partial charge in [0.1, 0.15) is 6.61 Å². The van der Waals surface area contributed by atoms with Crippen LogP contribution in [0.4, 0.5) is 35.1 Å². The Morgan fingerprint density at radius 3 is 1.60 bits per heavy atom. The molecule has 91 valence electrons. The van der Waals surface area contributed by atoms with E-state index in [1.165, 1.54) is 0 Å². The molecule has 1 radical (unpaired) electrons. The van der Waals surface area contributed by atoms with E-state index in [0.29, 0.717) is 0 Å². The highest BCUT2D eigenvalue weighted by Crippen LogP contribution is 2.39. The van der Waals surface area contributed by atoms with Gasteiger partial charge in [-0.1, -0.05) is 0 Å². The molecule has 0 aliphatic heterocycles. The second kappa shape index (κ2) is 4.08. The highest BCUT2D eigenvalue weighted by molar-refractivity contribution is 4.78. The van der Waals surface area contributed by atoms with E-state index in [9.17, 15) is 40.2 Å². The lowest BCUT2D eigenvalue weighted by Crippen LogP contribution is -2.48. The second-order valence-corrected chi connectivity index (χ2v) is 2.38. The minimum atomic E-state index is -6.25. The molecule has 0 amide bonds. The molecular formula is C5H3F8O2. The van der Waals surface area contributed by atoms with Gasteiger partial charge in [-0.2, -0.15) is 40.2 Å². The van der Waals surface area contributed by atoms with E-state index >= 15 is 0 Å². The quantitative estimate of drug-likeness (QED) is 0.556. The molecule has 1 unspecified atom stereocenters. The van der Waals surface area contributed by atoms with E-state index in [1.54, 1.807) is 0 Å². The molecule has 0 aliphatic carbocycles. The van der Waals surface area contributed by atoms with Gasteiger partial charge in [0, 0.05) is 0 Å². The van der Waals surface area contributed by atoms with Crippen LogP contribution < -0.4 is 0 Å². The summed E-state index contributed by atoms with van der Waals surface area (Å²) in [6, 6.07) is 0. The molecule has 0 aromatic rings. The van der Waals surface area contributed by atoms with Crippen molar-refractivity contribution in [1.29, 1.82) is 0 Å². The predicted molar refractivity (Wildman–Crippen MR) is 27.5 cm³/mol. The average molecular weight is 247 g/mol. The number of rotatable bonds is 3. The van der Waals surface area contributed by atoms with Crippen molar-refractivity contribution in [2.75, 3.05) is 6.61 Å². The number of alkyl halides is 8. The first-order valence-corrected chi connectivity index (χ1v) is 3.16. The number of halogens is 8. The van der Waals surface area contributed by atoms with Gasteiger partial charge < -0.3 is 4.74 Å². The van der Waals surface area contributed by atoms with E-state index in [2.05, 4.69) is 4.74 Å². The van der Waals surface area contributed by atoms with E-state index in [0.717, 1.165) is 0 Å². The summed E-state index contributed by atoms with van der Waals surface area (Å²) in [7, 11) is 0. The Morgan fingerprint density at radius 1 is 0.933 bits per heavy atom. The molecular weight excluding hydrogens is 244 g/mol. The average Bonchev–Trinajstić information content (AvgIpc) is 1.96. The van der Waals surface area contributed by atoms with Crippen molar-refractivity contribution < 1.29 is 45.0 Å². The summed E-state index contributed by atoms with van der Waals surface area (Å²) in [5.41, 5.74) is 0. The fourth-order valence-corrected chi connectivity index (χ4v) is 0.408. The number of hydrogen-bond donors (Lipinski definition) is 0. The van der Waals surface area contributed by atoms with Crippen molar-refractivity contribution in [2.45, 2.75) is 24.6 Å². The maximum atomic E-state index is 12.0. The zero-order valence-corrected chi connectivity index (χ0v) is 6.62. The molecule has 0 fully saturated rings. The van der Waals surface area contributed by atoms with Crippen LogP contribution in [0.5, 0.6) is 0 Å². The van der Waals surface area contributed by atoms with Crippen molar-refractivity contribution in [3.05, 3.63) is 0 Å². The van der Waals surface area contributed by atoms with Gasteiger partial charge in [0.15, 0.2) is 0 Å². The third-order valence-electron chi connectivity index (χ3n) is 1.07. The van der Waals surface area contributed by atoms with Gasteiger partial charge in [-0.15, -0.1) is 0 Å². The molecule has 0 aromatic carbocycles. The predicted octanol–water partition coefficient (Wildman–Crippen LogP) is 2.52. The van der Waals surface area contributed by atoms with E-state index in [1.807, 2.05) is 0 Å². The van der Waals surface area contributed by atoms with Gasteiger partial charge >= 0.3 is 18.3 Å². The Morgan fingerprint density at radius 2 is 1.33 bits per heavy atom. The minimum Gasteiger partial charge on any atom is -0.335 e. The van der Waals surface area contributed by atoms with Crippen LogP contribution in [-0.4, -0.2) is 31.2 Å². The highest BCUT2D eigenvalue weighted by Gasteiger charge is 2.64. The summed E-state index contributed by atoms with van der Waals surface area (Å²) in [5, 5.41) is 10.0. The van der Waals surface area contributed by atoms with Crippen molar-refractivity contribution in [1.82, 2.24) is 0 Å². The van der Waals surface area contributed by atoms with Crippen LogP contribution in [0.1, 0.15) is 0 Å². The van der Waals surface area contributed by atoms with Crippen molar-refractivity contribution >= 4 is 0 Å². The van der Waals surface area contributed by atoms with Crippen LogP contribution in [0, 0.1) is 0 Å². The summed E-state index contributed by atoms with van der Waals surface area (Å²) in [6.45, 7) is -2.47. The summed E-state index contributed by atoms with van der Waals surface area (Å²) >= 11 is 0. The van der Waals surface area contributed by atoms with Crippen LogP contribution in [0.25, 0.3) is 0 Å². The lowest BCUT2D eigenvalue weighted by molar-refractivity contribution is -0.377. The molecule has 0 spiro atoms. The Balaban J connectivity index is 4.39. The molecule has 0 saturated heterocycles. The SMILES string of the molecule is [O]C(OCC(F)(F)F)C(F)(F)C(F)(F)F. The summed E-state index contributed by atoms with van der Waals surface area (Å²) in [4.78, 5) is 0. The maximum absolute atomic E-state index is 12.0. The standard InChI is InChI=1S/C5H3F8O2/c6-3(7,8)1-15-2(14)4(9,10)5(11,12)13/h2H,1H2. The van der Waals surface area contributed by atoms with E-state index in [4.69, 9.17) is 0 Å². The smallest absolute Gasteiger partial charge is 0.335 e. The van der Waals surface area contributed by atoms with Gasteiger partial charge in [0.2, 0.25) is 0 Å². The highest BCUT2D eigenvalue weighted by atomic mass is 19.4.